The van der Waals surface area contributed by atoms with E-state index in [0.29, 0.717) is 0 Å². The van der Waals surface area contributed by atoms with Crippen molar-refractivity contribution in [3.63, 3.8) is 0 Å². The van der Waals surface area contributed by atoms with Crippen molar-refractivity contribution in [3.05, 3.63) is 29.8 Å². The number of carbonyl (C=O) groups excluding carboxylic acids is 1. The molecule has 0 spiro atoms. The number of aldehydes is 1. The van der Waals surface area contributed by atoms with E-state index in [2.05, 4.69) is 37.9 Å². The highest BCUT2D eigenvalue weighted by Crippen LogP contribution is 2.31. The summed E-state index contributed by atoms with van der Waals surface area (Å²) < 4.78 is 5.18. The minimum absolute atomic E-state index is 0.127. The van der Waals surface area contributed by atoms with Crippen molar-refractivity contribution in [3.8, 4) is 5.75 Å². The van der Waals surface area contributed by atoms with E-state index >= 15 is 0 Å². The summed E-state index contributed by atoms with van der Waals surface area (Å²) >= 11 is 0. The second-order valence-corrected chi connectivity index (χ2v) is 6.32. The van der Waals surface area contributed by atoms with Crippen LogP contribution in [0.3, 0.4) is 0 Å². The summed E-state index contributed by atoms with van der Waals surface area (Å²) in [6, 6.07) is 8.18. The third-order valence-corrected chi connectivity index (χ3v) is 4.35. The molecule has 22 heavy (non-hydrogen) atoms. The second-order valence-electron chi connectivity index (χ2n) is 6.32. The zero-order valence-corrected chi connectivity index (χ0v) is 14.6. The molecule has 0 amide bonds. The number of ether oxygens (including phenoxy) is 1. The Hall–Kier alpha value is -1.35. The van der Waals surface area contributed by atoms with E-state index in [1.54, 1.807) is 7.11 Å². The summed E-state index contributed by atoms with van der Waals surface area (Å²) in [5.74, 6) is 0.886. The van der Waals surface area contributed by atoms with Crippen molar-refractivity contribution in [1.82, 2.24) is 4.90 Å². The monoisotopic (exact) mass is 305 g/mol. The molecule has 0 atom stereocenters. The van der Waals surface area contributed by atoms with E-state index in [0.717, 1.165) is 50.9 Å². The maximum atomic E-state index is 11.6. The van der Waals surface area contributed by atoms with Gasteiger partial charge in [0.1, 0.15) is 12.0 Å². The molecule has 0 radical (unpaired) electrons. The van der Waals surface area contributed by atoms with Crippen molar-refractivity contribution in [2.24, 2.45) is 5.41 Å². The van der Waals surface area contributed by atoms with E-state index < -0.39 is 0 Å². The molecule has 1 aromatic rings. The Morgan fingerprint density at radius 2 is 1.68 bits per heavy atom. The van der Waals surface area contributed by atoms with Gasteiger partial charge in [0.2, 0.25) is 0 Å². The fraction of sp³-hybridized carbons (Fsp3) is 0.632. The number of methoxy groups -OCH3 is 1. The number of carbonyl (C=O) groups is 1. The summed E-state index contributed by atoms with van der Waals surface area (Å²) in [4.78, 5) is 13.9. The van der Waals surface area contributed by atoms with Crippen LogP contribution in [0.1, 0.15) is 51.5 Å². The molecule has 3 heteroatoms. The maximum absolute atomic E-state index is 11.6. The summed E-state index contributed by atoms with van der Waals surface area (Å²) in [5.41, 5.74) is 1.14. The molecular weight excluding hydrogens is 274 g/mol. The van der Waals surface area contributed by atoms with Crippen molar-refractivity contribution in [2.45, 2.75) is 52.5 Å². The molecule has 0 heterocycles. The Bertz CT molecular complexity index is 422. The molecule has 0 saturated heterocycles. The van der Waals surface area contributed by atoms with Crippen LogP contribution in [0.15, 0.2) is 24.3 Å². The molecule has 0 bridgehead atoms. The molecule has 1 aromatic carbocycles. The van der Waals surface area contributed by atoms with Crippen LogP contribution in [-0.4, -0.2) is 31.9 Å². The van der Waals surface area contributed by atoms with Crippen LogP contribution in [0.2, 0.25) is 0 Å². The number of benzene rings is 1. The first-order chi connectivity index (χ1) is 10.6. The van der Waals surface area contributed by atoms with E-state index in [1.165, 1.54) is 11.8 Å². The Labute approximate surface area is 135 Å². The van der Waals surface area contributed by atoms with Crippen LogP contribution in [0.25, 0.3) is 0 Å². The maximum Gasteiger partial charge on any atom is 0.126 e. The normalized spacial score (nSPS) is 11.7. The molecule has 1 rings (SSSR count). The highest BCUT2D eigenvalue weighted by Gasteiger charge is 2.27. The standard InChI is InChI=1S/C19H31NO2/c1-5-11-19(16-21,12-6-2)13-14-20(3)15-17-7-9-18(22-4)10-8-17/h7-10,16H,5-6,11-15H2,1-4H3. The Balaban J connectivity index is 2.54. The van der Waals surface area contributed by atoms with Gasteiger partial charge in [0.25, 0.3) is 0 Å². The van der Waals surface area contributed by atoms with Crippen LogP contribution in [0.4, 0.5) is 0 Å². The van der Waals surface area contributed by atoms with Crippen LogP contribution >= 0.6 is 0 Å². The molecule has 0 saturated carbocycles. The molecule has 3 nitrogen and oxygen atoms in total. The lowest BCUT2D eigenvalue weighted by Crippen LogP contribution is -2.29. The highest BCUT2D eigenvalue weighted by atomic mass is 16.5. The summed E-state index contributed by atoms with van der Waals surface area (Å²) in [7, 11) is 3.80. The molecule has 0 N–H and O–H groups in total. The zero-order chi connectivity index (χ0) is 16.4. The lowest BCUT2D eigenvalue weighted by Gasteiger charge is -2.29. The molecule has 124 valence electrons. The van der Waals surface area contributed by atoms with Crippen LogP contribution in [0, 0.1) is 5.41 Å². The summed E-state index contributed by atoms with van der Waals surface area (Å²) in [6.45, 7) is 6.17. The summed E-state index contributed by atoms with van der Waals surface area (Å²) in [6.07, 6.45) is 6.30. The number of nitrogens with zero attached hydrogens (tertiary/aromatic N) is 1. The van der Waals surface area contributed by atoms with Crippen LogP contribution in [0.5, 0.6) is 5.75 Å². The van der Waals surface area contributed by atoms with Crippen molar-refractivity contribution < 1.29 is 9.53 Å². The topological polar surface area (TPSA) is 29.5 Å². The molecule has 0 aliphatic rings. The largest absolute Gasteiger partial charge is 0.497 e. The van der Waals surface area contributed by atoms with Gasteiger partial charge in [0.05, 0.1) is 7.11 Å². The number of rotatable bonds is 11. The van der Waals surface area contributed by atoms with Gasteiger partial charge >= 0.3 is 0 Å². The number of hydrogen-bond donors (Lipinski definition) is 0. The predicted molar refractivity (Wildman–Crippen MR) is 92.3 cm³/mol. The zero-order valence-electron chi connectivity index (χ0n) is 14.6. The van der Waals surface area contributed by atoms with Crippen LogP contribution < -0.4 is 4.74 Å². The van der Waals surface area contributed by atoms with E-state index in [9.17, 15) is 4.79 Å². The fourth-order valence-electron chi connectivity index (χ4n) is 3.08. The Morgan fingerprint density at radius 1 is 1.09 bits per heavy atom. The van der Waals surface area contributed by atoms with Crippen molar-refractivity contribution in [2.75, 3.05) is 20.7 Å². The van der Waals surface area contributed by atoms with E-state index in [-0.39, 0.29) is 5.41 Å². The average molecular weight is 305 g/mol. The molecule has 0 aromatic heterocycles. The molecular formula is C19H31NO2. The van der Waals surface area contributed by atoms with Gasteiger partial charge in [-0.25, -0.2) is 0 Å². The SMILES string of the molecule is CCCC(C=O)(CCC)CCN(C)Cc1ccc(OC)cc1. The first kappa shape index (κ1) is 18.7. The average Bonchev–Trinajstić information content (AvgIpc) is 2.54. The fourth-order valence-corrected chi connectivity index (χ4v) is 3.08. The Kier molecular flexibility index (Phi) is 8.18. The predicted octanol–water partition coefficient (Wildman–Crippen LogP) is 4.30. The molecule has 0 fully saturated rings. The smallest absolute Gasteiger partial charge is 0.126 e. The lowest BCUT2D eigenvalue weighted by molar-refractivity contribution is -0.117. The quantitative estimate of drug-likeness (QED) is 0.571. The molecule has 0 aliphatic heterocycles. The van der Waals surface area contributed by atoms with Gasteiger partial charge in [-0.2, -0.15) is 0 Å². The van der Waals surface area contributed by atoms with Gasteiger partial charge in [-0.05, 0) is 50.6 Å². The third-order valence-electron chi connectivity index (χ3n) is 4.35. The van der Waals surface area contributed by atoms with Gasteiger partial charge in [0, 0.05) is 12.0 Å². The highest BCUT2D eigenvalue weighted by molar-refractivity contribution is 5.59. The van der Waals surface area contributed by atoms with Gasteiger partial charge in [-0.15, -0.1) is 0 Å². The molecule has 0 aliphatic carbocycles. The van der Waals surface area contributed by atoms with Gasteiger partial charge in [0.15, 0.2) is 0 Å². The minimum Gasteiger partial charge on any atom is -0.497 e. The minimum atomic E-state index is -0.127. The number of hydrogen-bond acceptors (Lipinski definition) is 3. The molecule has 0 unspecified atom stereocenters. The Morgan fingerprint density at radius 3 is 2.14 bits per heavy atom. The second kappa shape index (κ2) is 9.62. The summed E-state index contributed by atoms with van der Waals surface area (Å²) in [5, 5.41) is 0. The van der Waals surface area contributed by atoms with Crippen molar-refractivity contribution >= 4 is 6.29 Å². The first-order valence-electron chi connectivity index (χ1n) is 8.37. The van der Waals surface area contributed by atoms with E-state index in [1.807, 2.05) is 12.1 Å². The van der Waals surface area contributed by atoms with Crippen molar-refractivity contribution in [1.29, 1.82) is 0 Å². The van der Waals surface area contributed by atoms with E-state index in [4.69, 9.17) is 4.74 Å². The van der Waals surface area contributed by atoms with Crippen LogP contribution in [-0.2, 0) is 11.3 Å². The van der Waals surface area contributed by atoms with Gasteiger partial charge < -0.3 is 14.4 Å². The lowest BCUT2D eigenvalue weighted by atomic mass is 9.77. The first-order valence-corrected chi connectivity index (χ1v) is 8.37. The van der Waals surface area contributed by atoms with Gasteiger partial charge in [-0.1, -0.05) is 38.8 Å². The third kappa shape index (κ3) is 5.80. The van der Waals surface area contributed by atoms with Gasteiger partial charge in [-0.3, -0.25) is 0 Å².